The summed E-state index contributed by atoms with van der Waals surface area (Å²) in [7, 11) is 0. The van der Waals surface area contributed by atoms with Crippen molar-refractivity contribution in [1.29, 1.82) is 0 Å². The van der Waals surface area contributed by atoms with Crippen LogP contribution in [0, 0.1) is 5.82 Å². The summed E-state index contributed by atoms with van der Waals surface area (Å²) in [6.07, 6.45) is 0.166. The van der Waals surface area contributed by atoms with Crippen LogP contribution in [0.5, 0.6) is 5.75 Å². The van der Waals surface area contributed by atoms with Crippen LogP contribution in [0.2, 0.25) is 0 Å². The van der Waals surface area contributed by atoms with Crippen LogP contribution < -0.4 is 20.7 Å². The van der Waals surface area contributed by atoms with Crippen molar-refractivity contribution in [3.05, 3.63) is 30.1 Å². The Labute approximate surface area is 149 Å². The van der Waals surface area contributed by atoms with Gasteiger partial charge < -0.3 is 20.7 Å². The summed E-state index contributed by atoms with van der Waals surface area (Å²) in [5.41, 5.74) is 0. The molecule has 7 heteroatoms. The predicted octanol–water partition coefficient (Wildman–Crippen LogP) is 2.06. The van der Waals surface area contributed by atoms with Crippen molar-refractivity contribution in [2.45, 2.75) is 46.3 Å². The number of hydrogen-bond donors (Lipinski definition) is 3. The highest BCUT2D eigenvalue weighted by molar-refractivity contribution is 5.81. The molecule has 25 heavy (non-hydrogen) atoms. The number of nitrogens with one attached hydrogen (secondary N) is 3. The van der Waals surface area contributed by atoms with Gasteiger partial charge in [-0.15, -0.1) is 0 Å². The van der Waals surface area contributed by atoms with Crippen LogP contribution in [0.3, 0.4) is 0 Å². The number of rotatable bonds is 9. The van der Waals surface area contributed by atoms with E-state index < -0.39 is 0 Å². The standard InChI is InChI=1S/C18H29FN4O2/c1-5-20-18(21-10-9-17(24)23-13(2)3)22-12-14(4)25-16-8-6-7-15(19)11-16/h6-8,11,13-14H,5,9-10,12H2,1-4H3,(H,23,24)(H2,20,21,22). The number of halogens is 1. The van der Waals surface area contributed by atoms with E-state index in [-0.39, 0.29) is 23.9 Å². The van der Waals surface area contributed by atoms with E-state index in [0.29, 0.717) is 37.8 Å². The van der Waals surface area contributed by atoms with Crippen LogP contribution in [0.15, 0.2) is 29.3 Å². The highest BCUT2D eigenvalue weighted by Crippen LogP contribution is 2.13. The molecule has 0 radical (unpaired) electrons. The third-order valence-electron chi connectivity index (χ3n) is 3.08. The second-order valence-electron chi connectivity index (χ2n) is 6.00. The van der Waals surface area contributed by atoms with Gasteiger partial charge in [-0.05, 0) is 39.8 Å². The summed E-state index contributed by atoms with van der Waals surface area (Å²) in [5.74, 6) is 0.768. The SMILES string of the molecule is CCNC(=NCC(C)Oc1cccc(F)c1)NCCC(=O)NC(C)C. The van der Waals surface area contributed by atoms with Gasteiger partial charge in [0.05, 0.1) is 6.54 Å². The van der Waals surface area contributed by atoms with Crippen LogP contribution in [-0.2, 0) is 4.79 Å². The minimum atomic E-state index is -0.331. The molecule has 0 fully saturated rings. The number of hydrogen-bond acceptors (Lipinski definition) is 3. The lowest BCUT2D eigenvalue weighted by molar-refractivity contribution is -0.121. The smallest absolute Gasteiger partial charge is 0.221 e. The van der Waals surface area contributed by atoms with Crippen LogP contribution in [0.4, 0.5) is 4.39 Å². The number of guanidine groups is 1. The molecule has 0 bridgehead atoms. The Morgan fingerprint density at radius 1 is 1.28 bits per heavy atom. The Morgan fingerprint density at radius 3 is 2.68 bits per heavy atom. The van der Waals surface area contributed by atoms with E-state index in [1.54, 1.807) is 12.1 Å². The fourth-order valence-electron chi connectivity index (χ4n) is 2.06. The number of carbonyl (C=O) groups is 1. The van der Waals surface area contributed by atoms with Gasteiger partial charge >= 0.3 is 0 Å². The topological polar surface area (TPSA) is 74.8 Å². The summed E-state index contributed by atoms with van der Waals surface area (Å²) in [6.45, 7) is 9.30. The molecule has 1 unspecified atom stereocenters. The molecule has 1 aromatic rings. The molecule has 0 spiro atoms. The molecule has 0 aliphatic rings. The van der Waals surface area contributed by atoms with Crippen LogP contribution in [0.25, 0.3) is 0 Å². The molecule has 1 amide bonds. The summed E-state index contributed by atoms with van der Waals surface area (Å²) < 4.78 is 18.8. The Bertz CT molecular complexity index is 564. The van der Waals surface area contributed by atoms with E-state index in [4.69, 9.17) is 4.74 Å². The van der Waals surface area contributed by atoms with Crippen LogP contribution >= 0.6 is 0 Å². The molecular weight excluding hydrogens is 323 g/mol. The molecule has 1 aromatic carbocycles. The summed E-state index contributed by atoms with van der Waals surface area (Å²) in [6, 6.07) is 6.17. The zero-order valence-corrected chi connectivity index (χ0v) is 15.4. The lowest BCUT2D eigenvalue weighted by Gasteiger charge is -2.15. The quantitative estimate of drug-likeness (QED) is 0.470. The van der Waals surface area contributed by atoms with Crippen molar-refractivity contribution in [3.63, 3.8) is 0 Å². The van der Waals surface area contributed by atoms with Crippen LogP contribution in [-0.4, -0.2) is 43.6 Å². The predicted molar refractivity (Wildman–Crippen MR) is 98.4 cm³/mol. The molecule has 0 aliphatic heterocycles. The number of amides is 1. The van der Waals surface area contributed by atoms with Gasteiger partial charge in [0.15, 0.2) is 5.96 Å². The maximum absolute atomic E-state index is 13.2. The summed E-state index contributed by atoms with van der Waals surface area (Å²) >= 11 is 0. The first-order valence-electron chi connectivity index (χ1n) is 8.64. The number of benzene rings is 1. The number of ether oxygens (including phenoxy) is 1. The summed E-state index contributed by atoms with van der Waals surface area (Å²) in [4.78, 5) is 16.1. The average molecular weight is 352 g/mol. The first kappa shape index (κ1) is 20.7. The number of aliphatic imine (C=N–C) groups is 1. The van der Waals surface area contributed by atoms with Gasteiger partial charge in [0.25, 0.3) is 0 Å². The monoisotopic (exact) mass is 352 g/mol. The molecule has 1 atom stereocenters. The van der Waals surface area contributed by atoms with E-state index >= 15 is 0 Å². The van der Waals surface area contributed by atoms with Gasteiger partial charge in [-0.1, -0.05) is 6.07 Å². The van der Waals surface area contributed by atoms with Crippen molar-refractivity contribution >= 4 is 11.9 Å². The van der Waals surface area contributed by atoms with Crippen molar-refractivity contribution < 1.29 is 13.9 Å². The van der Waals surface area contributed by atoms with Gasteiger partial charge in [-0.2, -0.15) is 0 Å². The van der Waals surface area contributed by atoms with Crippen molar-refractivity contribution in [3.8, 4) is 5.75 Å². The molecule has 1 rings (SSSR count). The van der Waals surface area contributed by atoms with Gasteiger partial charge in [0.2, 0.25) is 5.91 Å². The Balaban J connectivity index is 2.44. The third-order valence-corrected chi connectivity index (χ3v) is 3.08. The van der Waals surface area contributed by atoms with E-state index in [1.807, 2.05) is 27.7 Å². The highest BCUT2D eigenvalue weighted by Gasteiger charge is 2.07. The fraction of sp³-hybridized carbons (Fsp3) is 0.556. The minimum absolute atomic E-state index is 0.00107. The lowest BCUT2D eigenvalue weighted by Crippen LogP contribution is -2.40. The molecule has 140 valence electrons. The van der Waals surface area contributed by atoms with Gasteiger partial charge in [0.1, 0.15) is 17.7 Å². The third kappa shape index (κ3) is 9.54. The first-order chi connectivity index (χ1) is 11.9. The van der Waals surface area contributed by atoms with E-state index in [1.165, 1.54) is 12.1 Å². The van der Waals surface area contributed by atoms with Crippen molar-refractivity contribution in [2.75, 3.05) is 19.6 Å². The highest BCUT2D eigenvalue weighted by atomic mass is 19.1. The molecule has 3 N–H and O–H groups in total. The lowest BCUT2D eigenvalue weighted by atomic mass is 10.3. The minimum Gasteiger partial charge on any atom is -0.489 e. The van der Waals surface area contributed by atoms with Crippen LogP contribution in [0.1, 0.15) is 34.1 Å². The van der Waals surface area contributed by atoms with E-state index in [9.17, 15) is 9.18 Å². The Kier molecular flexibility index (Phi) is 9.36. The second-order valence-corrected chi connectivity index (χ2v) is 6.00. The number of nitrogens with zero attached hydrogens (tertiary/aromatic N) is 1. The average Bonchev–Trinajstić information content (AvgIpc) is 2.52. The molecule has 0 saturated heterocycles. The zero-order chi connectivity index (χ0) is 18.7. The molecule has 0 aromatic heterocycles. The maximum Gasteiger partial charge on any atom is 0.221 e. The van der Waals surface area contributed by atoms with E-state index in [2.05, 4.69) is 20.9 Å². The largest absolute Gasteiger partial charge is 0.489 e. The molecule has 0 aliphatic carbocycles. The fourth-order valence-corrected chi connectivity index (χ4v) is 2.06. The Hall–Kier alpha value is -2.31. The van der Waals surface area contributed by atoms with Crippen molar-refractivity contribution in [1.82, 2.24) is 16.0 Å². The number of carbonyl (C=O) groups excluding carboxylic acids is 1. The first-order valence-corrected chi connectivity index (χ1v) is 8.64. The van der Waals surface area contributed by atoms with E-state index in [0.717, 1.165) is 0 Å². The van der Waals surface area contributed by atoms with Crippen molar-refractivity contribution in [2.24, 2.45) is 4.99 Å². The molecule has 0 heterocycles. The van der Waals surface area contributed by atoms with Gasteiger partial charge in [-0.25, -0.2) is 9.38 Å². The zero-order valence-electron chi connectivity index (χ0n) is 15.4. The van der Waals surface area contributed by atoms with Gasteiger partial charge in [0, 0.05) is 31.6 Å². The van der Waals surface area contributed by atoms with Gasteiger partial charge in [-0.3, -0.25) is 4.79 Å². The molecular formula is C18H29FN4O2. The normalized spacial score (nSPS) is 12.6. The molecule has 6 nitrogen and oxygen atoms in total. The second kappa shape index (κ2) is 11.3. The maximum atomic E-state index is 13.2. The Morgan fingerprint density at radius 2 is 2.04 bits per heavy atom. The summed E-state index contributed by atoms with van der Waals surface area (Å²) in [5, 5.41) is 9.07. The molecule has 0 saturated carbocycles.